The fourth-order valence-electron chi connectivity index (χ4n) is 1.81. The Morgan fingerprint density at radius 1 is 1.32 bits per heavy atom. The van der Waals surface area contributed by atoms with E-state index in [-0.39, 0.29) is 18.6 Å². The number of hydrogen-bond acceptors (Lipinski definition) is 3. The first kappa shape index (κ1) is 14.0. The average molecular weight is 298 g/mol. The Bertz CT molecular complexity index is 595. The topological polar surface area (TPSA) is 47.8 Å². The molecule has 0 N–H and O–H groups in total. The molecular weight excluding hydrogens is 285 g/mol. The number of aryl methyl sites for hydroxylation is 1. The summed E-state index contributed by atoms with van der Waals surface area (Å²) in [4.78, 5) is 16.1. The minimum Gasteiger partial charge on any atom is -0.299 e. The molecule has 1 aromatic heterocycles. The van der Waals surface area contributed by atoms with Crippen LogP contribution in [-0.4, -0.2) is 20.5 Å². The van der Waals surface area contributed by atoms with Crippen molar-refractivity contribution in [3.05, 3.63) is 46.0 Å². The van der Waals surface area contributed by atoms with E-state index in [2.05, 4.69) is 10.1 Å². The summed E-state index contributed by atoms with van der Waals surface area (Å²) in [5.74, 6) is 0.726. The number of hydrogen-bond donors (Lipinski definition) is 0. The SMILES string of the molecule is CCn1ncnc1CC(=O)Cc1ccc(Cl)cc1Cl. The molecule has 100 valence electrons. The Labute approximate surface area is 121 Å². The summed E-state index contributed by atoms with van der Waals surface area (Å²) in [6, 6.07) is 5.14. The molecule has 2 rings (SSSR count). The zero-order valence-electron chi connectivity index (χ0n) is 10.4. The van der Waals surface area contributed by atoms with Gasteiger partial charge in [-0.3, -0.25) is 4.79 Å². The molecule has 2 aromatic rings. The van der Waals surface area contributed by atoms with Gasteiger partial charge >= 0.3 is 0 Å². The molecule has 1 aromatic carbocycles. The van der Waals surface area contributed by atoms with Gasteiger partial charge in [0.2, 0.25) is 0 Å². The van der Waals surface area contributed by atoms with Crippen molar-refractivity contribution in [3.63, 3.8) is 0 Å². The van der Waals surface area contributed by atoms with Gasteiger partial charge in [0, 0.05) is 23.0 Å². The van der Waals surface area contributed by atoms with Crippen LogP contribution >= 0.6 is 23.2 Å². The van der Waals surface area contributed by atoms with Crippen LogP contribution in [0.3, 0.4) is 0 Å². The second-order valence-electron chi connectivity index (χ2n) is 4.12. The number of ketones is 1. The van der Waals surface area contributed by atoms with Crippen LogP contribution in [0, 0.1) is 0 Å². The maximum Gasteiger partial charge on any atom is 0.144 e. The maximum atomic E-state index is 12.0. The second kappa shape index (κ2) is 6.17. The highest BCUT2D eigenvalue weighted by atomic mass is 35.5. The van der Waals surface area contributed by atoms with Gasteiger partial charge in [0.05, 0.1) is 6.42 Å². The molecule has 0 aliphatic heterocycles. The molecule has 0 unspecified atom stereocenters. The van der Waals surface area contributed by atoms with Gasteiger partial charge in [0.25, 0.3) is 0 Å². The Morgan fingerprint density at radius 3 is 2.79 bits per heavy atom. The Hall–Kier alpha value is -1.39. The monoisotopic (exact) mass is 297 g/mol. The minimum absolute atomic E-state index is 0.0481. The molecule has 19 heavy (non-hydrogen) atoms. The van der Waals surface area contributed by atoms with Gasteiger partial charge in [0.1, 0.15) is 17.9 Å². The van der Waals surface area contributed by atoms with Crippen molar-refractivity contribution in [1.82, 2.24) is 14.8 Å². The third-order valence-electron chi connectivity index (χ3n) is 2.75. The van der Waals surface area contributed by atoms with E-state index in [1.807, 2.05) is 6.92 Å². The lowest BCUT2D eigenvalue weighted by Gasteiger charge is -2.05. The van der Waals surface area contributed by atoms with Gasteiger partial charge in [-0.15, -0.1) is 0 Å². The third kappa shape index (κ3) is 3.55. The highest BCUT2D eigenvalue weighted by Gasteiger charge is 2.12. The maximum absolute atomic E-state index is 12.0. The van der Waals surface area contributed by atoms with Crippen molar-refractivity contribution >= 4 is 29.0 Å². The van der Waals surface area contributed by atoms with Gasteiger partial charge in [-0.05, 0) is 24.6 Å². The smallest absolute Gasteiger partial charge is 0.144 e. The predicted molar refractivity (Wildman–Crippen MR) is 74.6 cm³/mol. The second-order valence-corrected chi connectivity index (χ2v) is 4.96. The molecule has 0 radical (unpaired) electrons. The quantitative estimate of drug-likeness (QED) is 0.852. The van der Waals surface area contributed by atoms with E-state index < -0.39 is 0 Å². The van der Waals surface area contributed by atoms with Gasteiger partial charge in [-0.2, -0.15) is 5.10 Å². The van der Waals surface area contributed by atoms with E-state index in [1.54, 1.807) is 22.9 Å². The normalized spacial score (nSPS) is 10.7. The number of nitrogens with zero attached hydrogens (tertiary/aromatic N) is 3. The minimum atomic E-state index is 0.0481. The lowest BCUT2D eigenvalue weighted by Crippen LogP contribution is -2.12. The van der Waals surface area contributed by atoms with Crippen LogP contribution in [0.25, 0.3) is 0 Å². The predicted octanol–water partition coefficient (Wildman–Crippen LogP) is 2.96. The molecule has 0 atom stereocenters. The van der Waals surface area contributed by atoms with Crippen LogP contribution in [0.2, 0.25) is 10.0 Å². The van der Waals surface area contributed by atoms with E-state index in [9.17, 15) is 4.79 Å². The van der Waals surface area contributed by atoms with Crippen molar-refractivity contribution in [3.8, 4) is 0 Å². The Kier molecular flexibility index (Phi) is 4.56. The van der Waals surface area contributed by atoms with Crippen LogP contribution in [0.5, 0.6) is 0 Å². The number of aromatic nitrogens is 3. The summed E-state index contributed by atoms with van der Waals surface area (Å²) in [5, 5.41) is 5.11. The fourth-order valence-corrected chi connectivity index (χ4v) is 2.28. The fraction of sp³-hybridized carbons (Fsp3) is 0.308. The first-order valence-corrected chi connectivity index (χ1v) is 6.68. The van der Waals surface area contributed by atoms with Crippen molar-refractivity contribution in [2.24, 2.45) is 0 Å². The first-order valence-electron chi connectivity index (χ1n) is 5.92. The number of benzene rings is 1. The van der Waals surface area contributed by atoms with Gasteiger partial charge in [-0.25, -0.2) is 9.67 Å². The zero-order chi connectivity index (χ0) is 13.8. The number of halogens is 2. The number of carbonyl (C=O) groups is 1. The number of rotatable bonds is 5. The molecule has 6 heteroatoms. The van der Waals surface area contributed by atoms with Gasteiger partial charge in [0.15, 0.2) is 0 Å². The summed E-state index contributed by atoms with van der Waals surface area (Å²) in [5.41, 5.74) is 0.777. The van der Waals surface area contributed by atoms with Crippen LogP contribution in [0.4, 0.5) is 0 Å². The van der Waals surface area contributed by atoms with E-state index in [0.29, 0.717) is 22.4 Å². The Morgan fingerprint density at radius 2 is 2.11 bits per heavy atom. The highest BCUT2D eigenvalue weighted by Crippen LogP contribution is 2.21. The standard InChI is InChI=1S/C13H13Cl2N3O/c1-2-18-13(16-8-17-18)7-11(19)5-9-3-4-10(14)6-12(9)15/h3-4,6,8H,2,5,7H2,1H3. The van der Waals surface area contributed by atoms with E-state index in [1.165, 1.54) is 6.33 Å². The third-order valence-corrected chi connectivity index (χ3v) is 3.34. The van der Waals surface area contributed by atoms with Crippen molar-refractivity contribution in [1.29, 1.82) is 0 Å². The van der Waals surface area contributed by atoms with Crippen molar-refractivity contribution in [2.75, 3.05) is 0 Å². The highest BCUT2D eigenvalue weighted by molar-refractivity contribution is 6.35. The molecule has 0 fully saturated rings. The van der Waals surface area contributed by atoms with E-state index >= 15 is 0 Å². The van der Waals surface area contributed by atoms with E-state index in [0.717, 1.165) is 5.56 Å². The molecule has 0 aliphatic rings. The van der Waals surface area contributed by atoms with Crippen molar-refractivity contribution in [2.45, 2.75) is 26.3 Å². The van der Waals surface area contributed by atoms with Crippen LogP contribution in [0.15, 0.2) is 24.5 Å². The summed E-state index contributed by atoms with van der Waals surface area (Å²) in [6.45, 7) is 2.66. The van der Waals surface area contributed by atoms with Gasteiger partial charge < -0.3 is 0 Å². The van der Waals surface area contributed by atoms with Crippen molar-refractivity contribution < 1.29 is 4.79 Å². The molecule has 0 bridgehead atoms. The Balaban J connectivity index is 2.05. The summed E-state index contributed by atoms with van der Waals surface area (Å²) in [6.07, 6.45) is 1.99. The summed E-state index contributed by atoms with van der Waals surface area (Å²) < 4.78 is 1.71. The molecule has 0 saturated heterocycles. The molecule has 0 aliphatic carbocycles. The largest absolute Gasteiger partial charge is 0.299 e. The van der Waals surface area contributed by atoms with Crippen LogP contribution in [-0.2, 0) is 24.2 Å². The molecule has 0 amide bonds. The van der Waals surface area contributed by atoms with Crippen LogP contribution in [0.1, 0.15) is 18.3 Å². The zero-order valence-corrected chi connectivity index (χ0v) is 11.9. The lowest BCUT2D eigenvalue weighted by atomic mass is 10.1. The van der Waals surface area contributed by atoms with E-state index in [4.69, 9.17) is 23.2 Å². The molecule has 0 saturated carbocycles. The first-order chi connectivity index (χ1) is 9.10. The average Bonchev–Trinajstić information content (AvgIpc) is 2.80. The molecular formula is C13H13Cl2N3O. The lowest BCUT2D eigenvalue weighted by molar-refractivity contribution is -0.117. The van der Waals surface area contributed by atoms with Crippen LogP contribution < -0.4 is 0 Å². The summed E-state index contributed by atoms with van der Waals surface area (Å²) >= 11 is 11.9. The molecule has 1 heterocycles. The van der Waals surface area contributed by atoms with Gasteiger partial charge in [-0.1, -0.05) is 29.3 Å². The molecule has 0 spiro atoms. The molecule has 4 nitrogen and oxygen atoms in total. The summed E-state index contributed by atoms with van der Waals surface area (Å²) in [7, 11) is 0. The number of carbonyl (C=O) groups excluding carboxylic acids is 1. The number of Topliss-reactive ketones (excluding diaryl/α,β-unsaturated/α-hetero) is 1.